The molecule has 4 aromatic rings. The van der Waals surface area contributed by atoms with Crippen molar-refractivity contribution >= 4 is 50.0 Å². The zero-order valence-corrected chi connectivity index (χ0v) is 17.6. The van der Waals surface area contributed by atoms with Gasteiger partial charge in [-0.3, -0.25) is 9.89 Å². The number of H-pyrrole nitrogens is 1. The first-order chi connectivity index (χ1) is 14.3. The normalized spacial score (nSPS) is 11.5. The number of nitrogens with one attached hydrogen (secondary N) is 2. The number of sulfone groups is 1. The highest BCUT2D eigenvalue weighted by molar-refractivity contribution is 7.91. The van der Waals surface area contributed by atoms with Crippen LogP contribution in [0.5, 0.6) is 0 Å². The van der Waals surface area contributed by atoms with Crippen molar-refractivity contribution in [3.8, 4) is 0 Å². The Morgan fingerprint density at radius 1 is 0.967 bits per heavy atom. The molecule has 2 aromatic carbocycles. The number of halogens is 2. The first-order valence-corrected chi connectivity index (χ1v) is 10.9. The van der Waals surface area contributed by atoms with Gasteiger partial charge in [-0.25, -0.2) is 13.4 Å². The number of hydrogen-bond acceptors (Lipinski definition) is 5. The van der Waals surface area contributed by atoms with Crippen LogP contribution in [0, 0.1) is 0 Å². The topological polar surface area (TPSA) is 105 Å². The molecule has 0 saturated heterocycles. The molecule has 0 atom stereocenters. The predicted octanol–water partition coefficient (Wildman–Crippen LogP) is 4.03. The number of benzene rings is 2. The molecule has 0 aliphatic heterocycles. The van der Waals surface area contributed by atoms with E-state index in [1.165, 1.54) is 36.5 Å². The van der Waals surface area contributed by atoms with Crippen LogP contribution in [0.2, 0.25) is 10.0 Å². The van der Waals surface area contributed by atoms with Gasteiger partial charge in [-0.2, -0.15) is 5.10 Å². The van der Waals surface area contributed by atoms with Crippen molar-refractivity contribution in [2.45, 2.75) is 16.3 Å². The van der Waals surface area contributed by atoms with E-state index in [1.807, 2.05) is 0 Å². The fourth-order valence-electron chi connectivity index (χ4n) is 2.85. The van der Waals surface area contributed by atoms with E-state index in [2.05, 4.69) is 20.5 Å². The summed E-state index contributed by atoms with van der Waals surface area (Å²) in [6.45, 7) is 0.228. The third-order valence-electron chi connectivity index (χ3n) is 4.39. The van der Waals surface area contributed by atoms with E-state index < -0.39 is 9.84 Å². The van der Waals surface area contributed by atoms with Crippen molar-refractivity contribution in [1.82, 2.24) is 20.5 Å². The molecule has 0 radical (unpaired) electrons. The number of carbonyl (C=O) groups is 1. The van der Waals surface area contributed by atoms with Crippen molar-refractivity contribution < 1.29 is 13.2 Å². The molecule has 4 rings (SSSR count). The van der Waals surface area contributed by atoms with Gasteiger partial charge in [-0.05, 0) is 42.0 Å². The molecule has 0 spiro atoms. The van der Waals surface area contributed by atoms with Crippen LogP contribution in [-0.2, 0) is 16.4 Å². The Morgan fingerprint density at radius 2 is 1.67 bits per heavy atom. The highest BCUT2D eigenvalue weighted by atomic mass is 35.5. The number of aromatic amines is 1. The monoisotopic (exact) mass is 460 g/mol. The molecule has 1 amide bonds. The van der Waals surface area contributed by atoms with Crippen molar-refractivity contribution in [2.24, 2.45) is 0 Å². The van der Waals surface area contributed by atoms with E-state index in [9.17, 15) is 13.2 Å². The highest BCUT2D eigenvalue weighted by Crippen LogP contribution is 2.27. The van der Waals surface area contributed by atoms with Crippen molar-refractivity contribution in [2.75, 3.05) is 0 Å². The number of pyridine rings is 1. The Balaban J connectivity index is 1.47. The minimum atomic E-state index is -3.76. The lowest BCUT2D eigenvalue weighted by atomic mass is 10.2. The van der Waals surface area contributed by atoms with E-state index in [-0.39, 0.29) is 32.3 Å². The molecule has 30 heavy (non-hydrogen) atoms. The molecular weight excluding hydrogens is 447 g/mol. The Kier molecular flexibility index (Phi) is 5.46. The minimum Gasteiger partial charge on any atom is -0.348 e. The Morgan fingerprint density at radius 3 is 2.37 bits per heavy atom. The fourth-order valence-corrected chi connectivity index (χ4v) is 4.84. The van der Waals surface area contributed by atoms with Crippen LogP contribution in [0.1, 0.15) is 15.9 Å². The van der Waals surface area contributed by atoms with Crippen LogP contribution in [0.25, 0.3) is 11.0 Å². The smallest absolute Gasteiger partial charge is 0.253 e. The van der Waals surface area contributed by atoms with Crippen LogP contribution in [-0.4, -0.2) is 29.5 Å². The van der Waals surface area contributed by atoms with Crippen LogP contribution in [0.15, 0.2) is 70.7 Å². The lowest BCUT2D eigenvalue weighted by Gasteiger charge is -2.08. The summed E-state index contributed by atoms with van der Waals surface area (Å²) >= 11 is 11.8. The first kappa shape index (κ1) is 20.3. The van der Waals surface area contributed by atoms with Gasteiger partial charge in [0.2, 0.25) is 9.84 Å². The molecule has 10 heteroatoms. The minimum absolute atomic E-state index is 0.0168. The molecule has 0 bridgehead atoms. The van der Waals surface area contributed by atoms with Crippen LogP contribution < -0.4 is 5.32 Å². The highest BCUT2D eigenvalue weighted by Gasteiger charge is 2.19. The third kappa shape index (κ3) is 4.16. The standard InChI is InChI=1S/C20H14Cl2N4O3S/c21-15-6-16(22)8-18(7-15)30(28,29)17-3-1-12(2-4-17)9-24-20(27)14-5-13-11-25-26-19(13)23-10-14/h1-8,10-11H,9H2,(H,24,27)(H,23,25,26). The largest absolute Gasteiger partial charge is 0.348 e. The predicted molar refractivity (Wildman–Crippen MR) is 113 cm³/mol. The second kappa shape index (κ2) is 8.06. The second-order valence-electron chi connectivity index (χ2n) is 6.47. The van der Waals surface area contributed by atoms with E-state index in [0.717, 1.165) is 10.9 Å². The lowest BCUT2D eigenvalue weighted by molar-refractivity contribution is 0.0950. The SMILES string of the molecule is O=C(NCc1ccc(S(=O)(=O)c2cc(Cl)cc(Cl)c2)cc1)c1cnc2[nH]ncc2c1. The molecule has 2 aromatic heterocycles. The number of fused-ring (bicyclic) bond motifs is 1. The fraction of sp³-hybridized carbons (Fsp3) is 0.0500. The van der Waals surface area contributed by atoms with Gasteiger partial charge in [0, 0.05) is 28.2 Å². The average Bonchev–Trinajstić information content (AvgIpc) is 3.19. The zero-order chi connectivity index (χ0) is 21.3. The summed E-state index contributed by atoms with van der Waals surface area (Å²) in [5.74, 6) is -0.295. The van der Waals surface area contributed by atoms with Crippen molar-refractivity contribution in [3.63, 3.8) is 0 Å². The molecule has 0 fully saturated rings. The molecule has 0 saturated carbocycles. The summed E-state index contributed by atoms with van der Waals surface area (Å²) in [5, 5.41) is 10.6. The summed E-state index contributed by atoms with van der Waals surface area (Å²) in [7, 11) is -3.76. The molecule has 7 nitrogen and oxygen atoms in total. The van der Waals surface area contributed by atoms with Gasteiger partial charge in [0.15, 0.2) is 5.65 Å². The van der Waals surface area contributed by atoms with E-state index in [4.69, 9.17) is 23.2 Å². The quantitative estimate of drug-likeness (QED) is 0.467. The van der Waals surface area contributed by atoms with Crippen LogP contribution in [0.3, 0.4) is 0 Å². The molecule has 2 N–H and O–H groups in total. The summed E-state index contributed by atoms with van der Waals surface area (Å²) < 4.78 is 25.6. The molecule has 2 heterocycles. The van der Waals surface area contributed by atoms with Gasteiger partial charge >= 0.3 is 0 Å². The Bertz CT molecular complexity index is 1330. The first-order valence-electron chi connectivity index (χ1n) is 8.70. The van der Waals surface area contributed by atoms with Gasteiger partial charge in [-0.15, -0.1) is 0 Å². The maximum atomic E-state index is 12.8. The Hall–Kier alpha value is -2.94. The van der Waals surface area contributed by atoms with Gasteiger partial charge in [-0.1, -0.05) is 35.3 Å². The molecule has 152 valence electrons. The van der Waals surface area contributed by atoms with E-state index in [1.54, 1.807) is 24.4 Å². The molecule has 0 aliphatic rings. The summed E-state index contributed by atoms with van der Waals surface area (Å²) in [6.07, 6.45) is 3.05. The summed E-state index contributed by atoms with van der Waals surface area (Å²) in [4.78, 5) is 16.6. The van der Waals surface area contributed by atoms with E-state index >= 15 is 0 Å². The van der Waals surface area contributed by atoms with E-state index in [0.29, 0.717) is 11.2 Å². The van der Waals surface area contributed by atoms with Crippen molar-refractivity contribution in [1.29, 1.82) is 0 Å². The molecule has 0 aliphatic carbocycles. The number of carbonyl (C=O) groups excluding carboxylic acids is 1. The maximum Gasteiger partial charge on any atom is 0.253 e. The number of rotatable bonds is 5. The zero-order valence-electron chi connectivity index (χ0n) is 15.3. The van der Waals surface area contributed by atoms with Gasteiger partial charge in [0.1, 0.15) is 0 Å². The average molecular weight is 461 g/mol. The number of aromatic nitrogens is 3. The Labute approximate surface area is 182 Å². The van der Waals surface area contributed by atoms with Gasteiger partial charge in [0.05, 0.1) is 21.6 Å². The van der Waals surface area contributed by atoms with Gasteiger partial charge in [0.25, 0.3) is 5.91 Å². The summed E-state index contributed by atoms with van der Waals surface area (Å²) in [5.41, 5.74) is 1.74. The van der Waals surface area contributed by atoms with Crippen LogP contribution in [0.4, 0.5) is 0 Å². The van der Waals surface area contributed by atoms with Crippen LogP contribution >= 0.6 is 23.2 Å². The number of hydrogen-bond donors (Lipinski definition) is 2. The maximum absolute atomic E-state index is 12.8. The molecular formula is C20H14Cl2N4O3S. The third-order valence-corrected chi connectivity index (χ3v) is 6.57. The second-order valence-corrected chi connectivity index (χ2v) is 9.29. The number of nitrogens with zero attached hydrogens (tertiary/aromatic N) is 2. The lowest BCUT2D eigenvalue weighted by Crippen LogP contribution is -2.22. The molecule has 0 unspecified atom stereocenters. The summed E-state index contributed by atoms with van der Waals surface area (Å²) in [6, 6.07) is 12.1. The van der Waals surface area contributed by atoms with Crippen molar-refractivity contribution in [3.05, 3.63) is 82.1 Å². The number of amides is 1. The van der Waals surface area contributed by atoms with Gasteiger partial charge < -0.3 is 5.32 Å².